The van der Waals surface area contributed by atoms with E-state index in [1.807, 2.05) is 64.4 Å². The van der Waals surface area contributed by atoms with Crippen LogP contribution in [0.2, 0.25) is 0 Å². The van der Waals surface area contributed by atoms with Crippen molar-refractivity contribution in [2.45, 2.75) is 79.0 Å². The highest BCUT2D eigenvalue weighted by molar-refractivity contribution is 5.80. The second kappa shape index (κ2) is 11.4. The molecule has 0 aliphatic carbocycles. The second-order valence-electron chi connectivity index (χ2n) is 10.7. The fraction of sp³-hybridized carbons (Fsp3) is 0.467. The Balaban J connectivity index is 1.70. The van der Waals surface area contributed by atoms with E-state index in [0.29, 0.717) is 26.2 Å². The van der Waals surface area contributed by atoms with Crippen LogP contribution in [-0.2, 0) is 33.8 Å². The molecule has 202 valence electrons. The van der Waals surface area contributed by atoms with E-state index in [2.05, 4.69) is 34.6 Å². The zero-order chi connectivity index (χ0) is 27.4. The van der Waals surface area contributed by atoms with Gasteiger partial charge in [0.2, 0.25) is 0 Å². The topological polar surface area (TPSA) is 86.6 Å². The van der Waals surface area contributed by atoms with E-state index in [1.54, 1.807) is 4.90 Å². The van der Waals surface area contributed by atoms with Crippen molar-refractivity contribution in [2.75, 3.05) is 13.2 Å². The molecule has 0 saturated heterocycles. The molecule has 8 nitrogen and oxygen atoms in total. The second-order valence-corrected chi connectivity index (χ2v) is 10.7. The summed E-state index contributed by atoms with van der Waals surface area (Å²) in [5.41, 5.74) is 6.54. The summed E-state index contributed by atoms with van der Waals surface area (Å²) in [5, 5.41) is 8.80. The van der Waals surface area contributed by atoms with Gasteiger partial charge in [0.15, 0.2) is 0 Å². The fourth-order valence-corrected chi connectivity index (χ4v) is 4.97. The first kappa shape index (κ1) is 27.4. The van der Waals surface area contributed by atoms with Gasteiger partial charge in [-0.1, -0.05) is 41.6 Å². The predicted octanol–water partition coefficient (Wildman–Crippen LogP) is 5.69. The number of esters is 1. The summed E-state index contributed by atoms with van der Waals surface area (Å²) in [6.07, 6.45) is 4.69. The standard InChI is InChI=1S/C30H38N4O4/c1-7-9-15-34-26-13-12-24(20(3)28(26)31-32-34)25(18-27(35)37-8-2)22-11-10-21-14-16-33(19-23(21)17-22)29(36)38-30(4,5)6/h7,9-13,17,25H,8,14-16,18-19H2,1-6H3. The normalized spacial score (nSPS) is 14.5. The molecule has 1 aliphatic rings. The third-order valence-electron chi connectivity index (χ3n) is 6.84. The predicted molar refractivity (Wildman–Crippen MR) is 147 cm³/mol. The summed E-state index contributed by atoms with van der Waals surface area (Å²) in [4.78, 5) is 27.2. The van der Waals surface area contributed by atoms with Gasteiger partial charge in [-0.15, -0.1) is 5.10 Å². The van der Waals surface area contributed by atoms with E-state index in [0.717, 1.165) is 39.7 Å². The van der Waals surface area contributed by atoms with Crippen molar-refractivity contribution in [3.63, 3.8) is 0 Å². The summed E-state index contributed by atoms with van der Waals surface area (Å²) < 4.78 is 12.8. The Morgan fingerprint density at radius 2 is 1.95 bits per heavy atom. The van der Waals surface area contributed by atoms with Crippen LogP contribution < -0.4 is 0 Å². The minimum absolute atomic E-state index is 0.210. The third-order valence-corrected chi connectivity index (χ3v) is 6.84. The summed E-state index contributed by atoms with van der Waals surface area (Å²) in [7, 11) is 0. The number of carbonyl (C=O) groups is 2. The maximum absolute atomic E-state index is 12.7. The average molecular weight is 519 g/mol. The van der Waals surface area contributed by atoms with Crippen molar-refractivity contribution in [3.8, 4) is 0 Å². The van der Waals surface area contributed by atoms with Gasteiger partial charge in [0.25, 0.3) is 0 Å². The van der Waals surface area contributed by atoms with Crippen molar-refractivity contribution in [1.82, 2.24) is 19.9 Å². The number of aryl methyl sites for hydroxylation is 1. The van der Waals surface area contributed by atoms with E-state index < -0.39 is 5.60 Å². The van der Waals surface area contributed by atoms with Gasteiger partial charge in [0.05, 0.1) is 25.1 Å². The molecular weight excluding hydrogens is 480 g/mol. The SMILES string of the molecule is CC=CCn1nnc2c(C)c(C(CC(=O)OCC)c3ccc4c(c3)CN(C(=O)OC(C)(C)C)CC4)ccc21. The number of rotatable bonds is 7. The Morgan fingerprint density at radius 1 is 1.16 bits per heavy atom. The van der Waals surface area contributed by atoms with E-state index >= 15 is 0 Å². The molecule has 4 rings (SSSR count). The number of nitrogens with zero attached hydrogens (tertiary/aromatic N) is 4. The number of benzene rings is 2. The van der Waals surface area contributed by atoms with Crippen LogP contribution in [-0.4, -0.2) is 50.7 Å². The van der Waals surface area contributed by atoms with E-state index in [-0.39, 0.29) is 24.4 Å². The molecule has 0 radical (unpaired) electrons. The Labute approximate surface area is 224 Å². The zero-order valence-corrected chi connectivity index (χ0v) is 23.3. The molecule has 1 amide bonds. The monoisotopic (exact) mass is 518 g/mol. The molecule has 3 aromatic rings. The van der Waals surface area contributed by atoms with Crippen LogP contribution >= 0.6 is 0 Å². The van der Waals surface area contributed by atoms with Gasteiger partial charge in [-0.05, 0) is 81.8 Å². The molecule has 0 spiro atoms. The lowest BCUT2D eigenvalue weighted by Gasteiger charge is -2.32. The molecule has 2 aromatic carbocycles. The first-order valence-corrected chi connectivity index (χ1v) is 13.3. The third kappa shape index (κ3) is 6.06. The highest BCUT2D eigenvalue weighted by Crippen LogP contribution is 2.35. The van der Waals surface area contributed by atoms with E-state index in [1.165, 1.54) is 5.56 Å². The molecule has 1 aromatic heterocycles. The Bertz CT molecular complexity index is 1350. The number of hydrogen-bond acceptors (Lipinski definition) is 6. The molecule has 0 saturated carbocycles. The van der Waals surface area contributed by atoms with Crippen LogP contribution in [0, 0.1) is 6.92 Å². The number of ether oxygens (including phenoxy) is 2. The molecular formula is C30H38N4O4. The largest absolute Gasteiger partial charge is 0.466 e. The van der Waals surface area contributed by atoms with Gasteiger partial charge in [0.1, 0.15) is 11.1 Å². The highest BCUT2D eigenvalue weighted by Gasteiger charge is 2.28. The maximum atomic E-state index is 12.7. The number of aromatic nitrogens is 3. The summed E-state index contributed by atoms with van der Waals surface area (Å²) in [5.74, 6) is -0.469. The summed E-state index contributed by atoms with van der Waals surface area (Å²) in [6, 6.07) is 10.4. The smallest absolute Gasteiger partial charge is 0.410 e. The Hall–Kier alpha value is -3.68. The van der Waals surface area contributed by atoms with E-state index in [4.69, 9.17) is 9.47 Å². The molecule has 0 fully saturated rings. The molecule has 0 bridgehead atoms. The summed E-state index contributed by atoms with van der Waals surface area (Å²) >= 11 is 0. The van der Waals surface area contributed by atoms with Crippen molar-refractivity contribution >= 4 is 23.1 Å². The van der Waals surface area contributed by atoms with Crippen LogP contribution in [0.5, 0.6) is 0 Å². The number of allylic oxidation sites excluding steroid dienone is 2. The van der Waals surface area contributed by atoms with Crippen molar-refractivity contribution < 1.29 is 19.1 Å². The van der Waals surface area contributed by atoms with Crippen LogP contribution in [0.1, 0.15) is 74.8 Å². The molecule has 1 aliphatic heterocycles. The van der Waals surface area contributed by atoms with Gasteiger partial charge in [-0.25, -0.2) is 9.48 Å². The molecule has 1 atom stereocenters. The van der Waals surface area contributed by atoms with Crippen LogP contribution in [0.4, 0.5) is 4.79 Å². The van der Waals surface area contributed by atoms with Crippen molar-refractivity contribution in [2.24, 2.45) is 0 Å². The Morgan fingerprint density at radius 3 is 2.66 bits per heavy atom. The van der Waals surface area contributed by atoms with Gasteiger partial charge in [-0.3, -0.25) is 4.79 Å². The van der Waals surface area contributed by atoms with E-state index in [9.17, 15) is 9.59 Å². The minimum Gasteiger partial charge on any atom is -0.466 e. The lowest BCUT2D eigenvalue weighted by atomic mass is 9.83. The molecule has 0 N–H and O–H groups in total. The maximum Gasteiger partial charge on any atom is 0.410 e. The fourth-order valence-electron chi connectivity index (χ4n) is 4.97. The first-order chi connectivity index (χ1) is 18.1. The molecule has 1 unspecified atom stereocenters. The van der Waals surface area contributed by atoms with Gasteiger partial charge in [-0.2, -0.15) is 0 Å². The van der Waals surface area contributed by atoms with Crippen LogP contribution in [0.3, 0.4) is 0 Å². The summed E-state index contributed by atoms with van der Waals surface area (Å²) in [6.45, 7) is 13.5. The lowest BCUT2D eigenvalue weighted by Crippen LogP contribution is -2.39. The first-order valence-electron chi connectivity index (χ1n) is 13.3. The average Bonchev–Trinajstić information content (AvgIpc) is 3.29. The Kier molecular flexibility index (Phi) is 8.19. The molecule has 2 heterocycles. The quantitative estimate of drug-likeness (QED) is 0.295. The van der Waals surface area contributed by atoms with Crippen molar-refractivity contribution in [1.29, 1.82) is 0 Å². The molecule has 38 heavy (non-hydrogen) atoms. The zero-order valence-electron chi connectivity index (χ0n) is 23.3. The van der Waals surface area contributed by atoms with Gasteiger partial charge >= 0.3 is 12.1 Å². The van der Waals surface area contributed by atoms with Crippen LogP contribution in [0.15, 0.2) is 42.5 Å². The number of amides is 1. The van der Waals surface area contributed by atoms with Gasteiger partial charge in [0, 0.05) is 19.0 Å². The number of fused-ring (bicyclic) bond motifs is 2. The lowest BCUT2D eigenvalue weighted by molar-refractivity contribution is -0.143. The van der Waals surface area contributed by atoms with Gasteiger partial charge < -0.3 is 14.4 Å². The van der Waals surface area contributed by atoms with Crippen LogP contribution in [0.25, 0.3) is 11.0 Å². The van der Waals surface area contributed by atoms with Crippen molar-refractivity contribution in [3.05, 3.63) is 70.3 Å². The number of carbonyl (C=O) groups excluding carboxylic acids is 2. The highest BCUT2D eigenvalue weighted by atomic mass is 16.6. The number of hydrogen-bond donors (Lipinski definition) is 0. The minimum atomic E-state index is -0.547. The molecule has 8 heteroatoms.